The maximum atomic E-state index is 12.9. The zero-order chi connectivity index (χ0) is 15.6. The predicted molar refractivity (Wildman–Crippen MR) is 83.7 cm³/mol. The van der Waals surface area contributed by atoms with E-state index in [-0.39, 0.29) is 29.9 Å². The molecule has 2 rings (SSSR count). The van der Waals surface area contributed by atoms with Crippen LogP contribution in [0.15, 0.2) is 0 Å². The maximum Gasteiger partial charge on any atom is 0.246 e. The molecule has 1 aliphatic carbocycles. The van der Waals surface area contributed by atoms with Crippen LogP contribution in [0.5, 0.6) is 0 Å². The molecule has 1 heterocycles. The van der Waals surface area contributed by atoms with E-state index >= 15 is 0 Å². The maximum absolute atomic E-state index is 12.9. The van der Waals surface area contributed by atoms with Crippen LogP contribution in [-0.2, 0) is 9.59 Å². The first kappa shape index (κ1) is 16.3. The van der Waals surface area contributed by atoms with Crippen LogP contribution in [0, 0.1) is 11.8 Å². The number of rotatable bonds is 4. The lowest BCUT2D eigenvalue weighted by Gasteiger charge is -2.48. The molecule has 1 saturated heterocycles. The van der Waals surface area contributed by atoms with E-state index in [9.17, 15) is 9.59 Å². The summed E-state index contributed by atoms with van der Waals surface area (Å²) in [6, 6.07) is -0.351. The van der Waals surface area contributed by atoms with E-state index in [1.165, 1.54) is 19.3 Å². The van der Waals surface area contributed by atoms with Crippen LogP contribution in [0.25, 0.3) is 0 Å². The third-order valence-electron chi connectivity index (χ3n) is 5.30. The van der Waals surface area contributed by atoms with Gasteiger partial charge in [-0.2, -0.15) is 0 Å². The van der Waals surface area contributed by atoms with Crippen molar-refractivity contribution in [1.29, 1.82) is 0 Å². The van der Waals surface area contributed by atoms with Crippen LogP contribution in [0.4, 0.5) is 0 Å². The van der Waals surface area contributed by atoms with Gasteiger partial charge in [-0.25, -0.2) is 0 Å². The normalized spacial score (nSPS) is 34.2. The zero-order valence-corrected chi connectivity index (χ0v) is 13.9. The van der Waals surface area contributed by atoms with E-state index in [0.717, 1.165) is 6.42 Å². The predicted octanol–water partition coefficient (Wildman–Crippen LogP) is 2.72. The Morgan fingerprint density at radius 1 is 1.14 bits per heavy atom. The molecule has 2 fully saturated rings. The smallest absolute Gasteiger partial charge is 0.246 e. The fourth-order valence-corrected chi connectivity index (χ4v) is 4.11. The Bertz CT molecular complexity index is 394. The van der Waals surface area contributed by atoms with E-state index in [0.29, 0.717) is 24.7 Å². The summed E-state index contributed by atoms with van der Waals surface area (Å²) in [5, 5.41) is 2.90. The molecule has 0 radical (unpaired) electrons. The SMILES string of the molecule is CCC1NC(=O)C(CC)N(C2CCCCC2C(C)C)C1=O. The second-order valence-corrected chi connectivity index (χ2v) is 6.90. The quantitative estimate of drug-likeness (QED) is 0.866. The molecule has 4 unspecified atom stereocenters. The second-order valence-electron chi connectivity index (χ2n) is 6.90. The van der Waals surface area contributed by atoms with Crippen molar-refractivity contribution in [2.45, 2.75) is 84.3 Å². The van der Waals surface area contributed by atoms with E-state index in [2.05, 4.69) is 19.2 Å². The molecule has 1 aliphatic heterocycles. The highest BCUT2D eigenvalue weighted by molar-refractivity contribution is 5.97. The molecule has 1 saturated carbocycles. The number of nitrogens with one attached hydrogen (secondary N) is 1. The molecule has 2 amide bonds. The molecule has 4 nitrogen and oxygen atoms in total. The second kappa shape index (κ2) is 6.80. The van der Waals surface area contributed by atoms with Gasteiger partial charge in [0.15, 0.2) is 0 Å². The van der Waals surface area contributed by atoms with Crippen molar-refractivity contribution >= 4 is 11.8 Å². The first-order valence-corrected chi connectivity index (χ1v) is 8.63. The number of amides is 2. The van der Waals surface area contributed by atoms with Crippen molar-refractivity contribution in [1.82, 2.24) is 10.2 Å². The van der Waals surface area contributed by atoms with Gasteiger partial charge in [0.05, 0.1) is 0 Å². The summed E-state index contributed by atoms with van der Waals surface area (Å²) in [6.07, 6.45) is 6.04. The molecule has 0 aromatic rings. The number of nitrogens with zero attached hydrogens (tertiary/aromatic N) is 1. The van der Waals surface area contributed by atoms with Gasteiger partial charge >= 0.3 is 0 Å². The van der Waals surface area contributed by atoms with Gasteiger partial charge in [-0.05, 0) is 37.5 Å². The lowest BCUT2D eigenvalue weighted by Crippen LogP contribution is -2.67. The first-order chi connectivity index (χ1) is 10.0. The molecule has 2 aliphatic rings. The number of carbonyl (C=O) groups is 2. The number of hydrogen-bond donors (Lipinski definition) is 1. The summed E-state index contributed by atoms with van der Waals surface area (Å²) in [5.74, 6) is 1.27. The van der Waals surface area contributed by atoms with Crippen molar-refractivity contribution in [2.75, 3.05) is 0 Å². The summed E-state index contributed by atoms with van der Waals surface area (Å²) in [4.78, 5) is 27.2. The number of carbonyl (C=O) groups excluding carboxylic acids is 2. The summed E-state index contributed by atoms with van der Waals surface area (Å²) < 4.78 is 0. The highest BCUT2D eigenvalue weighted by Crippen LogP contribution is 2.36. The third kappa shape index (κ3) is 3.09. The molecular weight excluding hydrogens is 264 g/mol. The monoisotopic (exact) mass is 294 g/mol. The van der Waals surface area contributed by atoms with Crippen molar-refractivity contribution in [2.24, 2.45) is 11.8 Å². The largest absolute Gasteiger partial charge is 0.343 e. The van der Waals surface area contributed by atoms with Gasteiger partial charge in [0.2, 0.25) is 11.8 Å². The molecule has 1 N–H and O–H groups in total. The summed E-state index contributed by atoms with van der Waals surface area (Å²) >= 11 is 0. The minimum absolute atomic E-state index is 0.0389. The van der Waals surface area contributed by atoms with E-state index in [1.54, 1.807) is 0 Å². The van der Waals surface area contributed by atoms with E-state index in [4.69, 9.17) is 0 Å². The van der Waals surface area contributed by atoms with Crippen molar-refractivity contribution < 1.29 is 9.59 Å². The fourth-order valence-electron chi connectivity index (χ4n) is 4.11. The van der Waals surface area contributed by atoms with Crippen LogP contribution in [-0.4, -0.2) is 34.8 Å². The van der Waals surface area contributed by atoms with E-state index < -0.39 is 0 Å². The molecule has 0 bridgehead atoms. The minimum atomic E-state index is -0.324. The van der Waals surface area contributed by atoms with Gasteiger partial charge < -0.3 is 10.2 Å². The van der Waals surface area contributed by atoms with Gasteiger partial charge in [0.25, 0.3) is 0 Å². The van der Waals surface area contributed by atoms with Gasteiger partial charge in [0, 0.05) is 6.04 Å². The van der Waals surface area contributed by atoms with Crippen LogP contribution < -0.4 is 5.32 Å². The Morgan fingerprint density at radius 3 is 2.38 bits per heavy atom. The average molecular weight is 294 g/mol. The third-order valence-corrected chi connectivity index (χ3v) is 5.30. The molecule has 0 spiro atoms. The molecule has 0 aromatic heterocycles. The van der Waals surface area contributed by atoms with Crippen LogP contribution in [0.2, 0.25) is 0 Å². The van der Waals surface area contributed by atoms with Crippen LogP contribution in [0.3, 0.4) is 0 Å². The fraction of sp³-hybridized carbons (Fsp3) is 0.882. The number of piperazine rings is 1. The Hall–Kier alpha value is -1.06. The van der Waals surface area contributed by atoms with Crippen molar-refractivity contribution in [3.8, 4) is 0 Å². The first-order valence-electron chi connectivity index (χ1n) is 8.63. The van der Waals surface area contributed by atoms with Gasteiger partial charge in [-0.3, -0.25) is 9.59 Å². The molecule has 21 heavy (non-hydrogen) atoms. The van der Waals surface area contributed by atoms with Crippen molar-refractivity contribution in [3.05, 3.63) is 0 Å². The standard InChI is InChI=1S/C17H30N2O2/c1-5-13-17(21)19(14(6-2)16(20)18-13)15-10-8-7-9-12(15)11(3)4/h11-15H,5-10H2,1-4H3,(H,18,20). The summed E-state index contributed by atoms with van der Waals surface area (Å²) in [5.41, 5.74) is 0. The lowest BCUT2D eigenvalue weighted by molar-refractivity contribution is -0.155. The summed E-state index contributed by atoms with van der Waals surface area (Å²) in [7, 11) is 0. The topological polar surface area (TPSA) is 49.4 Å². The van der Waals surface area contributed by atoms with Gasteiger partial charge in [-0.1, -0.05) is 40.5 Å². The van der Waals surface area contributed by atoms with Crippen LogP contribution >= 0.6 is 0 Å². The molecular formula is C17H30N2O2. The highest BCUT2D eigenvalue weighted by atomic mass is 16.2. The molecule has 4 heteroatoms. The average Bonchev–Trinajstić information content (AvgIpc) is 2.48. The Morgan fingerprint density at radius 2 is 1.81 bits per heavy atom. The number of hydrogen-bond acceptors (Lipinski definition) is 2. The molecule has 120 valence electrons. The van der Waals surface area contributed by atoms with E-state index in [1.807, 2.05) is 18.7 Å². The molecule has 4 atom stereocenters. The van der Waals surface area contributed by atoms with Crippen molar-refractivity contribution in [3.63, 3.8) is 0 Å². The summed E-state index contributed by atoms with van der Waals surface area (Å²) in [6.45, 7) is 8.46. The Kier molecular flexibility index (Phi) is 5.28. The molecule has 0 aromatic carbocycles. The van der Waals surface area contributed by atoms with Gasteiger partial charge in [-0.15, -0.1) is 0 Å². The van der Waals surface area contributed by atoms with Crippen LogP contribution in [0.1, 0.15) is 66.2 Å². The minimum Gasteiger partial charge on any atom is -0.343 e. The highest BCUT2D eigenvalue weighted by Gasteiger charge is 2.45. The zero-order valence-electron chi connectivity index (χ0n) is 13.9. The Balaban J connectivity index is 2.30. The Labute approximate surface area is 128 Å². The van der Waals surface area contributed by atoms with Gasteiger partial charge in [0.1, 0.15) is 12.1 Å². The lowest BCUT2D eigenvalue weighted by atomic mass is 9.76.